The molecule has 4 nitrogen and oxygen atoms in total. The topological polar surface area (TPSA) is 54.5 Å². The van der Waals surface area contributed by atoms with E-state index in [0.717, 1.165) is 16.8 Å². The van der Waals surface area contributed by atoms with Gasteiger partial charge in [-0.2, -0.15) is 5.10 Å². The quantitative estimate of drug-likeness (QED) is 0.744. The second-order valence-corrected chi connectivity index (χ2v) is 4.74. The standard InChI is InChI=1S/C14H12N4/c1-2-10(7-15-5-1)12-6-11-13(8-16-12)17-18-14(11)9-3-4-9/h1-2,5-9H,3-4H2,(H,17,18). The molecular weight excluding hydrogens is 224 g/mol. The summed E-state index contributed by atoms with van der Waals surface area (Å²) >= 11 is 0. The summed E-state index contributed by atoms with van der Waals surface area (Å²) in [5.74, 6) is 0.666. The van der Waals surface area contributed by atoms with E-state index in [4.69, 9.17) is 0 Å². The largest absolute Gasteiger partial charge is 0.281 e. The second-order valence-electron chi connectivity index (χ2n) is 4.74. The van der Waals surface area contributed by atoms with Gasteiger partial charge in [0.1, 0.15) is 5.52 Å². The maximum atomic E-state index is 4.45. The summed E-state index contributed by atoms with van der Waals surface area (Å²) in [6.45, 7) is 0. The molecule has 3 aromatic heterocycles. The van der Waals surface area contributed by atoms with E-state index in [1.54, 1.807) is 6.20 Å². The number of hydrogen-bond acceptors (Lipinski definition) is 3. The van der Waals surface area contributed by atoms with Crippen LogP contribution in [0.2, 0.25) is 0 Å². The van der Waals surface area contributed by atoms with Crippen molar-refractivity contribution in [3.63, 3.8) is 0 Å². The Morgan fingerprint density at radius 3 is 2.94 bits per heavy atom. The zero-order valence-corrected chi connectivity index (χ0v) is 9.80. The number of fused-ring (bicyclic) bond motifs is 1. The first-order valence-corrected chi connectivity index (χ1v) is 6.16. The Hall–Kier alpha value is -2.23. The van der Waals surface area contributed by atoms with E-state index in [-0.39, 0.29) is 0 Å². The molecule has 0 atom stereocenters. The molecule has 0 radical (unpaired) electrons. The zero-order chi connectivity index (χ0) is 11.9. The van der Waals surface area contributed by atoms with Crippen LogP contribution in [0.25, 0.3) is 22.2 Å². The number of aromatic nitrogens is 4. The van der Waals surface area contributed by atoms with Gasteiger partial charge in [-0.3, -0.25) is 15.1 Å². The minimum atomic E-state index is 0.666. The van der Waals surface area contributed by atoms with Crippen LogP contribution in [-0.4, -0.2) is 20.2 Å². The minimum absolute atomic E-state index is 0.666. The van der Waals surface area contributed by atoms with Crippen molar-refractivity contribution in [1.29, 1.82) is 0 Å². The fraction of sp³-hybridized carbons (Fsp3) is 0.214. The molecule has 0 unspecified atom stereocenters. The highest BCUT2D eigenvalue weighted by molar-refractivity contribution is 5.85. The molecule has 0 aliphatic heterocycles. The highest BCUT2D eigenvalue weighted by atomic mass is 15.1. The molecule has 1 aliphatic rings. The molecule has 0 aromatic carbocycles. The van der Waals surface area contributed by atoms with Gasteiger partial charge in [0.2, 0.25) is 0 Å². The van der Waals surface area contributed by atoms with E-state index in [0.29, 0.717) is 5.92 Å². The molecular formula is C14H12N4. The Kier molecular flexibility index (Phi) is 1.97. The predicted octanol–water partition coefficient (Wildman–Crippen LogP) is 2.90. The van der Waals surface area contributed by atoms with Crippen LogP contribution in [0.5, 0.6) is 0 Å². The van der Waals surface area contributed by atoms with Crippen molar-refractivity contribution in [2.45, 2.75) is 18.8 Å². The SMILES string of the molecule is c1cncc(-c2cc3c(C4CC4)[nH]nc3cn2)c1. The van der Waals surface area contributed by atoms with Gasteiger partial charge in [0.15, 0.2) is 0 Å². The number of H-pyrrole nitrogens is 1. The van der Waals surface area contributed by atoms with Crippen LogP contribution in [0.3, 0.4) is 0 Å². The van der Waals surface area contributed by atoms with Gasteiger partial charge in [0.25, 0.3) is 0 Å². The monoisotopic (exact) mass is 236 g/mol. The summed E-state index contributed by atoms with van der Waals surface area (Å²) in [5, 5.41) is 8.66. The zero-order valence-electron chi connectivity index (χ0n) is 9.80. The summed E-state index contributed by atoms with van der Waals surface area (Å²) in [4.78, 5) is 8.58. The lowest BCUT2D eigenvalue weighted by atomic mass is 10.1. The number of rotatable bonds is 2. The molecule has 4 heteroatoms. The highest BCUT2D eigenvalue weighted by Crippen LogP contribution is 2.42. The highest BCUT2D eigenvalue weighted by Gasteiger charge is 2.27. The van der Waals surface area contributed by atoms with Crippen LogP contribution in [-0.2, 0) is 0 Å². The Morgan fingerprint density at radius 1 is 1.22 bits per heavy atom. The summed E-state index contributed by atoms with van der Waals surface area (Å²) < 4.78 is 0. The smallest absolute Gasteiger partial charge is 0.111 e. The van der Waals surface area contributed by atoms with Gasteiger partial charge in [-0.25, -0.2) is 0 Å². The van der Waals surface area contributed by atoms with Gasteiger partial charge in [-0.15, -0.1) is 0 Å². The van der Waals surface area contributed by atoms with Crippen molar-refractivity contribution in [1.82, 2.24) is 20.2 Å². The van der Waals surface area contributed by atoms with Crippen LogP contribution in [0, 0.1) is 0 Å². The first kappa shape index (κ1) is 9.76. The van der Waals surface area contributed by atoms with E-state index in [9.17, 15) is 0 Å². The summed E-state index contributed by atoms with van der Waals surface area (Å²) in [6, 6.07) is 6.07. The molecule has 88 valence electrons. The molecule has 0 bridgehead atoms. The molecule has 3 heterocycles. The molecule has 1 aliphatic carbocycles. The number of nitrogens with one attached hydrogen (secondary N) is 1. The van der Waals surface area contributed by atoms with Crippen LogP contribution in [0.4, 0.5) is 0 Å². The van der Waals surface area contributed by atoms with Crippen LogP contribution in [0.1, 0.15) is 24.5 Å². The van der Waals surface area contributed by atoms with Gasteiger partial charge >= 0.3 is 0 Å². The van der Waals surface area contributed by atoms with Crippen LogP contribution in [0.15, 0.2) is 36.8 Å². The van der Waals surface area contributed by atoms with Crippen molar-refractivity contribution in [2.24, 2.45) is 0 Å². The third kappa shape index (κ3) is 1.49. The summed E-state index contributed by atoms with van der Waals surface area (Å²) in [5.41, 5.74) is 4.21. The third-order valence-electron chi connectivity index (χ3n) is 3.41. The molecule has 0 spiro atoms. The Morgan fingerprint density at radius 2 is 2.17 bits per heavy atom. The lowest BCUT2D eigenvalue weighted by Crippen LogP contribution is -1.85. The molecule has 1 fully saturated rings. The van der Waals surface area contributed by atoms with Gasteiger partial charge < -0.3 is 0 Å². The van der Waals surface area contributed by atoms with Crippen LogP contribution < -0.4 is 0 Å². The van der Waals surface area contributed by atoms with Crippen molar-refractivity contribution < 1.29 is 0 Å². The molecule has 1 N–H and O–H groups in total. The van der Waals surface area contributed by atoms with Gasteiger partial charge in [0, 0.05) is 35.0 Å². The van der Waals surface area contributed by atoms with Gasteiger partial charge in [-0.05, 0) is 31.0 Å². The molecule has 4 rings (SSSR count). The predicted molar refractivity (Wildman–Crippen MR) is 69.1 cm³/mol. The third-order valence-corrected chi connectivity index (χ3v) is 3.41. The Labute approximate surface area is 104 Å². The Balaban J connectivity index is 1.90. The molecule has 0 saturated heterocycles. The molecule has 0 amide bonds. The maximum Gasteiger partial charge on any atom is 0.111 e. The number of nitrogens with zero attached hydrogens (tertiary/aromatic N) is 3. The second kappa shape index (κ2) is 3.63. The lowest BCUT2D eigenvalue weighted by molar-refractivity contribution is 0.978. The number of hydrogen-bond donors (Lipinski definition) is 1. The number of pyridine rings is 2. The van der Waals surface area contributed by atoms with E-state index in [1.807, 2.05) is 24.5 Å². The molecule has 18 heavy (non-hydrogen) atoms. The van der Waals surface area contributed by atoms with Crippen molar-refractivity contribution >= 4 is 10.9 Å². The van der Waals surface area contributed by atoms with Crippen LogP contribution >= 0.6 is 0 Å². The molecule has 1 saturated carbocycles. The summed E-state index contributed by atoms with van der Waals surface area (Å²) in [6.07, 6.45) is 7.98. The van der Waals surface area contributed by atoms with Gasteiger partial charge in [0.05, 0.1) is 11.9 Å². The fourth-order valence-corrected chi connectivity index (χ4v) is 2.29. The lowest BCUT2D eigenvalue weighted by Gasteiger charge is -2.00. The van der Waals surface area contributed by atoms with Crippen molar-refractivity contribution in [3.05, 3.63) is 42.5 Å². The van der Waals surface area contributed by atoms with E-state index < -0.39 is 0 Å². The van der Waals surface area contributed by atoms with E-state index >= 15 is 0 Å². The van der Waals surface area contributed by atoms with E-state index in [1.165, 1.54) is 23.9 Å². The van der Waals surface area contributed by atoms with Gasteiger partial charge in [-0.1, -0.05) is 0 Å². The normalized spacial score (nSPS) is 15.1. The number of aromatic amines is 1. The van der Waals surface area contributed by atoms with E-state index in [2.05, 4.69) is 26.2 Å². The first-order valence-electron chi connectivity index (χ1n) is 6.16. The molecule has 3 aromatic rings. The first-order chi connectivity index (χ1) is 8.92. The average Bonchev–Trinajstić information content (AvgIpc) is 3.19. The summed E-state index contributed by atoms with van der Waals surface area (Å²) in [7, 11) is 0. The minimum Gasteiger partial charge on any atom is -0.281 e. The van der Waals surface area contributed by atoms with Crippen molar-refractivity contribution in [3.8, 4) is 11.3 Å². The van der Waals surface area contributed by atoms with Crippen molar-refractivity contribution in [2.75, 3.05) is 0 Å². The Bertz CT molecular complexity index is 698. The fourth-order valence-electron chi connectivity index (χ4n) is 2.29. The maximum absolute atomic E-state index is 4.45. The average molecular weight is 236 g/mol.